The van der Waals surface area contributed by atoms with Gasteiger partial charge in [-0.2, -0.15) is 0 Å². The number of carbonyl (C=O) groups is 2. The van der Waals surface area contributed by atoms with Gasteiger partial charge in [0.15, 0.2) is 17.3 Å². The van der Waals surface area contributed by atoms with Gasteiger partial charge in [0.1, 0.15) is 11.9 Å². The highest BCUT2D eigenvalue weighted by atomic mass is 16.5. The number of methoxy groups -OCH3 is 2. The van der Waals surface area contributed by atoms with Crippen LogP contribution < -0.4 is 14.8 Å². The van der Waals surface area contributed by atoms with Gasteiger partial charge in [0.2, 0.25) is 0 Å². The number of ketones is 1. The first-order valence-corrected chi connectivity index (χ1v) is 12.9. The highest BCUT2D eigenvalue weighted by molar-refractivity contribution is 6.04. The van der Waals surface area contributed by atoms with Crippen molar-refractivity contribution in [3.63, 3.8) is 0 Å². The van der Waals surface area contributed by atoms with Crippen LogP contribution in [0.3, 0.4) is 0 Å². The molecule has 0 amide bonds. The van der Waals surface area contributed by atoms with Crippen LogP contribution in [0.5, 0.6) is 17.2 Å². The van der Waals surface area contributed by atoms with Crippen LogP contribution in [0, 0.1) is 0 Å². The van der Waals surface area contributed by atoms with Crippen molar-refractivity contribution in [3.05, 3.63) is 76.1 Å². The summed E-state index contributed by atoms with van der Waals surface area (Å²) < 4.78 is 16.7. The number of hydrogen-bond acceptors (Lipinski definition) is 7. The molecule has 0 aromatic heterocycles. The zero-order valence-corrected chi connectivity index (χ0v) is 21.5. The van der Waals surface area contributed by atoms with Gasteiger partial charge in [-0.05, 0) is 80.3 Å². The Labute approximate surface area is 217 Å². The van der Waals surface area contributed by atoms with E-state index in [0.717, 1.165) is 36.9 Å². The molecule has 2 atom stereocenters. The summed E-state index contributed by atoms with van der Waals surface area (Å²) >= 11 is 0. The lowest BCUT2D eigenvalue weighted by molar-refractivity contribution is -0.144. The largest absolute Gasteiger partial charge is 0.508 e. The number of benzene rings is 2. The zero-order valence-electron chi connectivity index (χ0n) is 21.5. The van der Waals surface area contributed by atoms with Gasteiger partial charge in [-0.25, -0.2) is 4.79 Å². The Morgan fingerprint density at radius 3 is 2.43 bits per heavy atom. The molecular formula is C30H33NO6. The van der Waals surface area contributed by atoms with Gasteiger partial charge in [-0.3, -0.25) is 4.79 Å². The van der Waals surface area contributed by atoms with Crippen LogP contribution in [0.1, 0.15) is 68.4 Å². The number of carbonyl (C=O) groups excluding carboxylic acids is 2. The van der Waals surface area contributed by atoms with Crippen molar-refractivity contribution >= 4 is 11.8 Å². The van der Waals surface area contributed by atoms with Crippen LogP contribution in [-0.4, -0.2) is 37.2 Å². The topological polar surface area (TPSA) is 94.1 Å². The highest BCUT2D eigenvalue weighted by Crippen LogP contribution is 2.47. The molecule has 0 saturated heterocycles. The van der Waals surface area contributed by atoms with Crippen LogP contribution in [0.4, 0.5) is 0 Å². The fraction of sp³-hybridized carbons (Fsp3) is 0.400. The Morgan fingerprint density at radius 1 is 0.973 bits per heavy atom. The van der Waals surface area contributed by atoms with Crippen molar-refractivity contribution in [2.24, 2.45) is 0 Å². The first-order valence-electron chi connectivity index (χ1n) is 12.9. The zero-order chi connectivity index (χ0) is 26.1. The fourth-order valence-corrected chi connectivity index (χ4v) is 5.91. The predicted molar refractivity (Wildman–Crippen MR) is 139 cm³/mol. The van der Waals surface area contributed by atoms with E-state index in [4.69, 9.17) is 14.2 Å². The monoisotopic (exact) mass is 503 g/mol. The minimum Gasteiger partial charge on any atom is -0.508 e. The van der Waals surface area contributed by atoms with Crippen LogP contribution in [-0.2, 0) is 14.3 Å². The van der Waals surface area contributed by atoms with Crippen molar-refractivity contribution in [2.75, 3.05) is 14.2 Å². The molecule has 5 rings (SSSR count). The van der Waals surface area contributed by atoms with Gasteiger partial charge < -0.3 is 24.6 Å². The number of phenolic OH excluding ortho intramolecular Hbond substituents is 1. The number of esters is 1. The summed E-state index contributed by atoms with van der Waals surface area (Å²) in [5, 5.41) is 13.6. The SMILES string of the molecule is COc1ccc([C@@H]2CC(=O)C3=C(C2)NC(C)=C(C(=O)OC2CCCC2)[C@@H]3c2cccc(O)c2)cc1OC. The molecule has 1 fully saturated rings. The van der Waals surface area contributed by atoms with E-state index in [0.29, 0.717) is 46.7 Å². The average molecular weight is 504 g/mol. The van der Waals surface area contributed by atoms with Gasteiger partial charge in [0, 0.05) is 29.3 Å². The second-order valence-corrected chi connectivity index (χ2v) is 10.0. The third-order valence-corrected chi connectivity index (χ3v) is 7.71. The molecule has 0 spiro atoms. The quantitative estimate of drug-likeness (QED) is 0.520. The van der Waals surface area contributed by atoms with E-state index in [1.165, 1.54) is 0 Å². The molecule has 1 saturated carbocycles. The first-order chi connectivity index (χ1) is 17.9. The summed E-state index contributed by atoms with van der Waals surface area (Å²) in [5.74, 6) is 0.268. The lowest BCUT2D eigenvalue weighted by Crippen LogP contribution is -2.36. The van der Waals surface area contributed by atoms with Crippen LogP contribution in [0.25, 0.3) is 0 Å². The average Bonchev–Trinajstić information content (AvgIpc) is 3.40. The third-order valence-electron chi connectivity index (χ3n) is 7.71. The van der Waals surface area contributed by atoms with Gasteiger partial charge in [-0.15, -0.1) is 0 Å². The molecule has 2 aromatic rings. The summed E-state index contributed by atoms with van der Waals surface area (Å²) in [4.78, 5) is 27.3. The molecule has 1 aliphatic heterocycles. The minimum atomic E-state index is -0.601. The number of allylic oxidation sites excluding steroid dienone is 3. The maximum atomic E-state index is 13.8. The van der Waals surface area contributed by atoms with E-state index in [2.05, 4.69) is 5.32 Å². The summed E-state index contributed by atoms with van der Waals surface area (Å²) in [7, 11) is 3.19. The minimum absolute atomic E-state index is 0.0273. The Bertz CT molecular complexity index is 1290. The van der Waals surface area contributed by atoms with Crippen LogP contribution in [0.15, 0.2) is 65.0 Å². The second kappa shape index (κ2) is 10.3. The number of rotatable bonds is 6. The molecule has 2 N–H and O–H groups in total. The molecule has 1 heterocycles. The smallest absolute Gasteiger partial charge is 0.337 e. The van der Waals surface area contributed by atoms with Gasteiger partial charge in [0.05, 0.1) is 19.8 Å². The molecular weight excluding hydrogens is 470 g/mol. The van der Waals surface area contributed by atoms with E-state index in [-0.39, 0.29) is 23.6 Å². The number of ether oxygens (including phenoxy) is 3. The molecule has 7 nitrogen and oxygen atoms in total. The van der Waals surface area contributed by atoms with Crippen LogP contribution >= 0.6 is 0 Å². The maximum absolute atomic E-state index is 13.8. The molecule has 0 bridgehead atoms. The van der Waals surface area contributed by atoms with Crippen molar-refractivity contribution in [1.82, 2.24) is 5.32 Å². The van der Waals surface area contributed by atoms with Gasteiger partial charge >= 0.3 is 5.97 Å². The second-order valence-electron chi connectivity index (χ2n) is 10.0. The summed E-state index contributed by atoms with van der Waals surface area (Å²) in [6, 6.07) is 12.5. The van der Waals surface area contributed by atoms with E-state index in [1.807, 2.05) is 31.2 Å². The Balaban J connectivity index is 1.53. The molecule has 7 heteroatoms. The number of Topliss-reactive ketones (excluding diaryl/α,β-unsaturated/α-hetero) is 1. The lowest BCUT2D eigenvalue weighted by atomic mass is 9.71. The normalized spacial score (nSPS) is 22.0. The number of dihydropyridines is 1. The maximum Gasteiger partial charge on any atom is 0.337 e. The van der Waals surface area contributed by atoms with Crippen molar-refractivity contribution in [1.29, 1.82) is 0 Å². The number of aromatic hydroxyl groups is 1. The molecule has 194 valence electrons. The Morgan fingerprint density at radius 2 is 1.73 bits per heavy atom. The summed E-state index contributed by atoms with van der Waals surface area (Å²) in [6.07, 6.45) is 4.64. The third kappa shape index (κ3) is 4.82. The number of phenols is 1. The molecule has 3 aliphatic rings. The van der Waals surface area contributed by atoms with Crippen molar-refractivity contribution in [3.8, 4) is 17.2 Å². The van der Waals surface area contributed by atoms with E-state index in [1.54, 1.807) is 32.4 Å². The molecule has 0 unspecified atom stereocenters. The molecule has 2 aromatic carbocycles. The summed E-state index contributed by atoms with van der Waals surface area (Å²) in [6.45, 7) is 1.86. The van der Waals surface area contributed by atoms with Crippen molar-refractivity contribution < 1.29 is 28.9 Å². The van der Waals surface area contributed by atoms with E-state index < -0.39 is 11.9 Å². The van der Waals surface area contributed by atoms with Crippen LogP contribution in [0.2, 0.25) is 0 Å². The molecule has 2 aliphatic carbocycles. The molecule has 37 heavy (non-hydrogen) atoms. The summed E-state index contributed by atoms with van der Waals surface area (Å²) in [5.41, 5.74) is 4.18. The lowest BCUT2D eigenvalue weighted by Gasteiger charge is -2.37. The Kier molecular flexibility index (Phi) is 6.96. The van der Waals surface area contributed by atoms with Gasteiger partial charge in [-0.1, -0.05) is 18.2 Å². The van der Waals surface area contributed by atoms with Gasteiger partial charge in [0.25, 0.3) is 0 Å². The Hall–Kier alpha value is -3.74. The highest BCUT2D eigenvalue weighted by Gasteiger charge is 2.42. The standard InChI is InChI=1S/C30H33NO6/c1-17-27(30(34)37-22-9-4-5-10-22)28(19-7-6-8-21(32)13-19)29-23(31-17)14-20(15-24(29)33)18-11-12-25(35-2)26(16-18)36-3/h6-8,11-13,16,20,22,28,31-32H,4-5,9-10,14-15H2,1-3H3/t20-,28-/m0/s1. The number of hydrogen-bond donors (Lipinski definition) is 2. The van der Waals surface area contributed by atoms with E-state index in [9.17, 15) is 14.7 Å². The number of nitrogens with one attached hydrogen (secondary N) is 1. The predicted octanol–water partition coefficient (Wildman–Crippen LogP) is 5.26. The molecule has 0 radical (unpaired) electrons. The fourth-order valence-electron chi connectivity index (χ4n) is 5.91. The first kappa shape index (κ1) is 24.9. The van der Waals surface area contributed by atoms with E-state index >= 15 is 0 Å². The van der Waals surface area contributed by atoms with Crippen molar-refractivity contribution in [2.45, 2.75) is 63.4 Å².